The number of nitrogens with zero attached hydrogens (tertiary/aromatic N) is 2. The first-order chi connectivity index (χ1) is 9.27. The summed E-state index contributed by atoms with van der Waals surface area (Å²) in [6.45, 7) is 0. The van der Waals surface area contributed by atoms with Crippen LogP contribution in [0.15, 0.2) is 18.3 Å². The number of hydrogen-bond acceptors (Lipinski definition) is 4. The van der Waals surface area contributed by atoms with Crippen molar-refractivity contribution in [1.82, 2.24) is 4.98 Å². The maximum Gasteiger partial charge on any atom is 0.315 e. The summed E-state index contributed by atoms with van der Waals surface area (Å²) in [5, 5.41) is 19.9. The zero-order valence-electron chi connectivity index (χ0n) is 10.4. The fraction of sp³-hybridized carbons (Fsp3) is 0.500. The van der Waals surface area contributed by atoms with Crippen LogP contribution in [0, 0.1) is 10.1 Å². The Balaban J connectivity index is 2.34. The molecule has 0 atom stereocenters. The summed E-state index contributed by atoms with van der Waals surface area (Å²) in [5.74, 6) is -4.09. The first-order valence-corrected chi connectivity index (χ1v) is 5.99. The second-order valence-corrected chi connectivity index (χ2v) is 4.90. The Labute approximate surface area is 112 Å². The van der Waals surface area contributed by atoms with Crippen molar-refractivity contribution < 1.29 is 23.6 Å². The van der Waals surface area contributed by atoms with Crippen LogP contribution in [0.5, 0.6) is 0 Å². The van der Waals surface area contributed by atoms with Gasteiger partial charge in [0.15, 0.2) is 0 Å². The Morgan fingerprint density at radius 1 is 1.30 bits per heavy atom. The number of carboxylic acid groups (broad SMARTS) is 1. The third-order valence-corrected chi connectivity index (χ3v) is 3.69. The van der Waals surface area contributed by atoms with Crippen molar-refractivity contribution >= 4 is 11.7 Å². The number of carboxylic acids is 1. The molecule has 2 rings (SSSR count). The summed E-state index contributed by atoms with van der Waals surface area (Å²) < 4.78 is 26.4. The average molecular weight is 286 g/mol. The van der Waals surface area contributed by atoms with E-state index in [1.165, 1.54) is 6.07 Å². The second-order valence-electron chi connectivity index (χ2n) is 4.90. The van der Waals surface area contributed by atoms with Crippen molar-refractivity contribution in [1.29, 1.82) is 0 Å². The lowest BCUT2D eigenvalue weighted by Gasteiger charge is -2.36. The number of hydrogen-bond donors (Lipinski definition) is 1. The molecule has 0 unspecified atom stereocenters. The van der Waals surface area contributed by atoms with Gasteiger partial charge in [0.25, 0.3) is 5.69 Å². The predicted octanol–water partition coefficient (Wildman–Crippen LogP) is 2.52. The van der Waals surface area contributed by atoms with Gasteiger partial charge in [0.2, 0.25) is 5.92 Å². The van der Waals surface area contributed by atoms with Gasteiger partial charge in [-0.25, -0.2) is 8.78 Å². The Morgan fingerprint density at radius 2 is 1.90 bits per heavy atom. The van der Waals surface area contributed by atoms with Gasteiger partial charge in [0, 0.05) is 18.9 Å². The van der Waals surface area contributed by atoms with Crippen LogP contribution in [0.25, 0.3) is 0 Å². The van der Waals surface area contributed by atoms with Crippen molar-refractivity contribution in [3.63, 3.8) is 0 Å². The zero-order chi connectivity index (χ0) is 15.0. The van der Waals surface area contributed by atoms with Gasteiger partial charge >= 0.3 is 5.97 Å². The molecule has 6 nitrogen and oxygen atoms in total. The van der Waals surface area contributed by atoms with E-state index in [4.69, 9.17) is 0 Å². The average Bonchev–Trinajstić information content (AvgIpc) is 2.39. The van der Waals surface area contributed by atoms with E-state index >= 15 is 0 Å². The molecule has 108 valence electrons. The van der Waals surface area contributed by atoms with Crippen LogP contribution in [0.2, 0.25) is 0 Å². The summed E-state index contributed by atoms with van der Waals surface area (Å²) in [6.07, 6.45) is -0.580. The van der Waals surface area contributed by atoms with Gasteiger partial charge < -0.3 is 5.11 Å². The van der Waals surface area contributed by atoms with Gasteiger partial charge in [-0.1, -0.05) is 0 Å². The highest BCUT2D eigenvalue weighted by atomic mass is 19.3. The minimum atomic E-state index is -2.86. The molecule has 1 aromatic heterocycles. The predicted molar refractivity (Wildman–Crippen MR) is 63.6 cm³/mol. The number of rotatable bonds is 3. The van der Waals surface area contributed by atoms with Crippen molar-refractivity contribution in [3.05, 3.63) is 34.1 Å². The maximum atomic E-state index is 13.2. The maximum absolute atomic E-state index is 13.2. The highest BCUT2D eigenvalue weighted by Crippen LogP contribution is 2.45. The third-order valence-electron chi connectivity index (χ3n) is 3.69. The normalized spacial score (nSPS) is 20.3. The molecule has 8 heteroatoms. The lowest BCUT2D eigenvalue weighted by atomic mass is 9.70. The number of nitro groups is 1. The largest absolute Gasteiger partial charge is 0.481 e. The molecule has 0 saturated heterocycles. The van der Waals surface area contributed by atoms with Crippen molar-refractivity contribution in [2.24, 2.45) is 0 Å². The van der Waals surface area contributed by atoms with Crippen LogP contribution in [-0.2, 0) is 10.2 Å². The molecular weight excluding hydrogens is 274 g/mol. The van der Waals surface area contributed by atoms with Crippen molar-refractivity contribution in [3.8, 4) is 0 Å². The highest BCUT2D eigenvalue weighted by Gasteiger charge is 2.50. The van der Waals surface area contributed by atoms with Crippen LogP contribution in [0.4, 0.5) is 14.5 Å². The molecule has 20 heavy (non-hydrogen) atoms. The number of pyridine rings is 1. The SMILES string of the molecule is O=C(O)C1(c2ccc([N+](=O)[O-])cn2)CCC(F)(F)CC1. The number of aromatic nitrogens is 1. The number of halogens is 2. The van der Waals surface area contributed by atoms with Crippen LogP contribution in [0.1, 0.15) is 31.4 Å². The van der Waals surface area contributed by atoms with E-state index in [1.807, 2.05) is 0 Å². The van der Waals surface area contributed by atoms with E-state index < -0.39 is 35.1 Å². The zero-order valence-corrected chi connectivity index (χ0v) is 10.4. The number of carbonyl (C=O) groups is 1. The summed E-state index contributed by atoms with van der Waals surface area (Å²) in [7, 11) is 0. The quantitative estimate of drug-likeness (QED) is 0.680. The van der Waals surface area contributed by atoms with Crippen LogP contribution >= 0.6 is 0 Å². The lowest BCUT2D eigenvalue weighted by molar-refractivity contribution is -0.385. The first kappa shape index (κ1) is 14.3. The second kappa shape index (κ2) is 4.77. The summed E-state index contributed by atoms with van der Waals surface area (Å²) in [6, 6.07) is 2.37. The topological polar surface area (TPSA) is 93.3 Å². The highest BCUT2D eigenvalue weighted by molar-refractivity contribution is 5.81. The lowest BCUT2D eigenvalue weighted by Crippen LogP contribution is -2.43. The van der Waals surface area contributed by atoms with Crippen LogP contribution in [-0.4, -0.2) is 26.9 Å². The Kier molecular flexibility index (Phi) is 3.41. The minimum absolute atomic E-state index is 0.0890. The summed E-state index contributed by atoms with van der Waals surface area (Å²) in [4.78, 5) is 25.2. The van der Waals surface area contributed by atoms with E-state index in [2.05, 4.69) is 4.98 Å². The molecule has 0 aliphatic heterocycles. The summed E-state index contributed by atoms with van der Waals surface area (Å²) >= 11 is 0. The Hall–Kier alpha value is -2.12. The minimum Gasteiger partial charge on any atom is -0.481 e. The molecule has 1 aliphatic rings. The molecule has 0 spiro atoms. The molecule has 0 bridgehead atoms. The van der Waals surface area contributed by atoms with E-state index in [9.17, 15) is 28.8 Å². The van der Waals surface area contributed by atoms with E-state index in [-0.39, 0.29) is 24.2 Å². The fourth-order valence-corrected chi connectivity index (χ4v) is 2.40. The Bertz CT molecular complexity index is 535. The molecule has 1 heterocycles. The number of aliphatic carboxylic acids is 1. The standard InChI is InChI=1S/C12H12F2N2O4/c13-12(14)5-3-11(4-6-12,10(17)18)9-2-1-8(7-15-9)16(19)20/h1-2,7H,3-6H2,(H,17,18). The fourth-order valence-electron chi connectivity index (χ4n) is 2.40. The molecule has 1 fully saturated rings. The van der Waals surface area contributed by atoms with Gasteiger partial charge in [-0.05, 0) is 18.9 Å². The number of alkyl halides is 2. The third kappa shape index (κ3) is 2.45. The van der Waals surface area contributed by atoms with E-state index in [1.54, 1.807) is 0 Å². The van der Waals surface area contributed by atoms with Gasteiger partial charge in [-0.15, -0.1) is 0 Å². The molecule has 1 aliphatic carbocycles. The molecule has 0 amide bonds. The summed E-state index contributed by atoms with van der Waals surface area (Å²) in [5.41, 5.74) is -1.67. The molecule has 1 aromatic rings. The van der Waals surface area contributed by atoms with Gasteiger partial charge in [0.1, 0.15) is 11.6 Å². The van der Waals surface area contributed by atoms with Gasteiger partial charge in [0.05, 0.1) is 10.6 Å². The van der Waals surface area contributed by atoms with Crippen LogP contribution < -0.4 is 0 Å². The van der Waals surface area contributed by atoms with Crippen LogP contribution in [0.3, 0.4) is 0 Å². The van der Waals surface area contributed by atoms with E-state index in [0.29, 0.717) is 0 Å². The smallest absolute Gasteiger partial charge is 0.315 e. The molecule has 0 radical (unpaired) electrons. The van der Waals surface area contributed by atoms with E-state index in [0.717, 1.165) is 12.3 Å². The van der Waals surface area contributed by atoms with Gasteiger partial charge in [-0.2, -0.15) is 0 Å². The van der Waals surface area contributed by atoms with Crippen molar-refractivity contribution in [2.45, 2.75) is 37.0 Å². The molecule has 1 saturated carbocycles. The molecular formula is C12H12F2N2O4. The molecule has 1 N–H and O–H groups in total. The Morgan fingerprint density at radius 3 is 2.30 bits per heavy atom. The van der Waals surface area contributed by atoms with Crippen molar-refractivity contribution in [2.75, 3.05) is 0 Å². The monoisotopic (exact) mass is 286 g/mol. The first-order valence-electron chi connectivity index (χ1n) is 5.99. The molecule has 0 aromatic carbocycles. The van der Waals surface area contributed by atoms with Gasteiger partial charge in [-0.3, -0.25) is 19.9 Å².